The van der Waals surface area contributed by atoms with Crippen molar-refractivity contribution in [3.63, 3.8) is 0 Å². The second-order valence-electron chi connectivity index (χ2n) is 1.22. The summed E-state index contributed by atoms with van der Waals surface area (Å²) in [5.41, 5.74) is 0. The Hall–Kier alpha value is 1.56. The first-order valence-electron chi connectivity index (χ1n) is 2.16. The predicted octanol–water partition coefficient (Wildman–Crippen LogP) is -0.269. The van der Waals surface area contributed by atoms with Gasteiger partial charge in [0.15, 0.2) is 6.29 Å². The molecule has 3 heteroatoms. The molecule has 0 radical (unpaired) electrons. The van der Waals surface area contributed by atoms with E-state index in [1.807, 2.05) is 6.92 Å². The molecule has 1 atom stereocenters. The fraction of sp³-hybridized carbons (Fsp3) is 1.00. The molecule has 0 aromatic carbocycles. The summed E-state index contributed by atoms with van der Waals surface area (Å²) in [4.78, 5) is 0. The first-order valence-corrected chi connectivity index (χ1v) is 2.16. The van der Waals surface area contributed by atoms with Gasteiger partial charge in [-0.3, -0.25) is 0 Å². The summed E-state index contributed by atoms with van der Waals surface area (Å²) >= 11 is 0. The van der Waals surface area contributed by atoms with E-state index >= 15 is 0 Å². The molecule has 0 aromatic rings. The van der Waals surface area contributed by atoms with Gasteiger partial charge in [-0.15, -0.1) is 0 Å². The Morgan fingerprint density at radius 1 is 1.86 bits per heavy atom. The van der Waals surface area contributed by atoms with Gasteiger partial charge in [0.1, 0.15) is 6.61 Å². The fourth-order valence-electron chi connectivity index (χ4n) is 0.321. The first kappa shape index (κ1) is 8.56. The molecule has 0 amide bonds. The molecule has 1 saturated heterocycles. The van der Waals surface area contributed by atoms with Gasteiger partial charge in [0.05, 0.1) is 0 Å². The molecule has 1 rings (SSSR count). The minimum absolute atomic E-state index is 0. The van der Waals surface area contributed by atoms with Crippen molar-refractivity contribution in [2.75, 3.05) is 13.2 Å². The van der Waals surface area contributed by atoms with Crippen LogP contribution in [0.1, 0.15) is 6.92 Å². The van der Waals surface area contributed by atoms with Gasteiger partial charge < -0.3 is 9.47 Å². The van der Waals surface area contributed by atoms with Gasteiger partial charge >= 0.3 is 51.4 Å². The van der Waals surface area contributed by atoms with E-state index in [0.29, 0.717) is 0 Å². The molecule has 0 aromatic heterocycles. The molecule has 0 saturated carbocycles. The second-order valence-corrected chi connectivity index (χ2v) is 1.22. The van der Waals surface area contributed by atoms with E-state index in [-0.39, 0.29) is 57.7 Å². The van der Waals surface area contributed by atoms with Crippen molar-refractivity contribution in [3.05, 3.63) is 0 Å². The number of hydrogen-bond acceptors (Lipinski definition) is 2. The van der Waals surface area contributed by atoms with Crippen LogP contribution in [0.25, 0.3) is 0 Å². The van der Waals surface area contributed by atoms with E-state index in [1.54, 1.807) is 0 Å². The molecule has 0 N–H and O–H groups in total. The van der Waals surface area contributed by atoms with E-state index in [2.05, 4.69) is 0 Å². The normalized spacial score (nSPS) is 26.1. The van der Waals surface area contributed by atoms with E-state index < -0.39 is 0 Å². The summed E-state index contributed by atoms with van der Waals surface area (Å²) < 4.78 is 9.66. The molecule has 1 heterocycles. The van der Waals surface area contributed by atoms with Gasteiger partial charge in [0, 0.05) is 6.61 Å². The molecular weight excluding hydrogens is 119 g/mol. The van der Waals surface area contributed by atoms with Crippen LogP contribution in [0.5, 0.6) is 0 Å². The zero-order valence-electron chi connectivity index (χ0n) is 3.81. The summed E-state index contributed by atoms with van der Waals surface area (Å²) in [5, 5.41) is 0. The van der Waals surface area contributed by atoms with Crippen molar-refractivity contribution in [3.8, 4) is 0 Å². The molecule has 0 aliphatic carbocycles. The van der Waals surface area contributed by atoms with Crippen molar-refractivity contribution >= 4 is 51.4 Å². The van der Waals surface area contributed by atoms with E-state index in [1.165, 1.54) is 0 Å². The molecule has 7 heavy (non-hydrogen) atoms. The van der Waals surface area contributed by atoms with Crippen molar-refractivity contribution in [1.82, 2.24) is 0 Å². The van der Waals surface area contributed by atoms with Crippen molar-refractivity contribution in [1.29, 1.82) is 0 Å². The van der Waals surface area contributed by atoms with Crippen LogP contribution in [0.3, 0.4) is 0 Å². The molecule has 1 unspecified atom stereocenters. The van der Waals surface area contributed by atoms with E-state index in [9.17, 15) is 0 Å². The molecule has 1 aliphatic rings. The van der Waals surface area contributed by atoms with Crippen molar-refractivity contribution in [2.45, 2.75) is 13.2 Å². The van der Waals surface area contributed by atoms with Crippen LogP contribution >= 0.6 is 0 Å². The summed E-state index contributed by atoms with van der Waals surface area (Å²) in [7, 11) is 0. The van der Waals surface area contributed by atoms with Crippen LogP contribution in [0.4, 0.5) is 0 Å². The Labute approximate surface area is 86.0 Å². The summed E-state index contributed by atoms with van der Waals surface area (Å²) in [6.45, 7) is 3.53. The molecule has 1 aliphatic heterocycles. The van der Waals surface area contributed by atoms with Crippen LogP contribution < -0.4 is 0 Å². The maximum absolute atomic E-state index is 4.93. The third-order valence-electron chi connectivity index (χ3n) is 0.655. The number of epoxide rings is 1. The Balaban J connectivity index is 0.000000360. The zero-order valence-corrected chi connectivity index (χ0v) is 3.81. The molecule has 38 valence electrons. The number of hydrogen-bond donors (Lipinski definition) is 0. The van der Waals surface area contributed by atoms with Crippen LogP contribution in [0.2, 0.25) is 0 Å². The minimum atomic E-state index is 0. The van der Waals surface area contributed by atoms with E-state index in [0.717, 1.165) is 13.2 Å². The molecular formula is C4H9KO2. The average molecular weight is 128 g/mol. The number of ether oxygens (including phenoxy) is 2. The van der Waals surface area contributed by atoms with Crippen LogP contribution in [0, 0.1) is 0 Å². The maximum atomic E-state index is 4.93. The quantitative estimate of drug-likeness (QED) is 0.377. The third kappa shape index (κ3) is 4.09. The SMILES string of the molecule is CCOC1CO1.[KH]. The van der Waals surface area contributed by atoms with Gasteiger partial charge in [-0.05, 0) is 6.92 Å². The second kappa shape index (κ2) is 4.44. The van der Waals surface area contributed by atoms with Crippen LogP contribution in [-0.2, 0) is 9.47 Å². The van der Waals surface area contributed by atoms with Gasteiger partial charge in [0.25, 0.3) is 0 Å². The number of rotatable bonds is 2. The van der Waals surface area contributed by atoms with Gasteiger partial charge in [-0.2, -0.15) is 0 Å². The molecule has 0 bridgehead atoms. The summed E-state index contributed by atoms with van der Waals surface area (Å²) in [6, 6.07) is 0. The fourth-order valence-corrected chi connectivity index (χ4v) is 0.321. The Morgan fingerprint density at radius 2 is 2.43 bits per heavy atom. The topological polar surface area (TPSA) is 21.8 Å². The molecule has 1 fully saturated rings. The van der Waals surface area contributed by atoms with Crippen molar-refractivity contribution < 1.29 is 9.47 Å². The van der Waals surface area contributed by atoms with Crippen molar-refractivity contribution in [2.24, 2.45) is 0 Å². The molecule has 2 nitrogen and oxygen atoms in total. The van der Waals surface area contributed by atoms with Crippen LogP contribution in [-0.4, -0.2) is 70.9 Å². The van der Waals surface area contributed by atoms with E-state index in [4.69, 9.17) is 9.47 Å². The zero-order chi connectivity index (χ0) is 4.41. The Bertz CT molecular complexity index is 45.0. The molecule has 0 spiro atoms. The monoisotopic (exact) mass is 128 g/mol. The Morgan fingerprint density at radius 3 is 2.57 bits per heavy atom. The predicted molar refractivity (Wildman–Crippen MR) is 28.5 cm³/mol. The Kier molecular flexibility index (Phi) is 5.42. The summed E-state index contributed by atoms with van der Waals surface area (Å²) in [6.07, 6.45) is 0.148. The standard InChI is InChI=1S/C4H8O2.K.H/c1-2-5-4-3-6-4;;/h4H,2-3H2,1H3;;. The average Bonchev–Trinajstić information content (AvgIpc) is 2.21. The van der Waals surface area contributed by atoms with Gasteiger partial charge in [-0.1, -0.05) is 0 Å². The summed E-state index contributed by atoms with van der Waals surface area (Å²) in [5.74, 6) is 0. The first-order chi connectivity index (χ1) is 2.93. The van der Waals surface area contributed by atoms with Gasteiger partial charge in [-0.25, -0.2) is 0 Å². The van der Waals surface area contributed by atoms with Crippen LogP contribution in [0.15, 0.2) is 0 Å². The third-order valence-corrected chi connectivity index (χ3v) is 0.655. The van der Waals surface area contributed by atoms with Gasteiger partial charge in [0.2, 0.25) is 0 Å².